The van der Waals surface area contributed by atoms with Gasteiger partial charge in [-0.3, -0.25) is 0 Å². The van der Waals surface area contributed by atoms with Gasteiger partial charge in [0.2, 0.25) is 0 Å². The van der Waals surface area contributed by atoms with E-state index in [1.165, 1.54) is 32.7 Å². The van der Waals surface area contributed by atoms with Crippen molar-refractivity contribution >= 4 is 21.5 Å². The smallest absolute Gasteiger partial charge is 0.0729 e. The molecule has 13 heavy (non-hydrogen) atoms. The minimum atomic E-state index is 1.25. The first-order chi connectivity index (χ1) is 6.13. The monoisotopic (exact) mass is 235 g/mol. The zero-order valence-corrected chi connectivity index (χ0v) is 9.70. The van der Waals surface area contributed by atoms with Crippen LogP contribution in [0.25, 0.3) is 5.57 Å². The lowest BCUT2D eigenvalue weighted by atomic mass is 10.0. The van der Waals surface area contributed by atoms with Gasteiger partial charge in [-0.05, 0) is 48.6 Å². The molecule has 0 heterocycles. The van der Waals surface area contributed by atoms with Gasteiger partial charge in [-0.2, -0.15) is 0 Å². The molecule has 0 fully saturated rings. The Morgan fingerprint density at radius 1 is 1.00 bits per heavy atom. The largest absolute Gasteiger partial charge is 0.0956 e. The number of benzene rings is 1. The lowest BCUT2D eigenvalue weighted by Crippen LogP contribution is -1.89. The molecule has 2 rings (SSSR count). The van der Waals surface area contributed by atoms with Gasteiger partial charge in [0, 0.05) is 0 Å². The molecule has 1 aliphatic rings. The molecule has 0 unspecified atom stereocenters. The van der Waals surface area contributed by atoms with E-state index in [0.29, 0.717) is 0 Å². The highest BCUT2D eigenvalue weighted by atomic mass is 79.9. The van der Waals surface area contributed by atoms with Gasteiger partial charge in [-0.15, -0.1) is 0 Å². The normalized spacial score (nSPS) is 16.6. The summed E-state index contributed by atoms with van der Waals surface area (Å²) in [6, 6.07) is 6.45. The molecule has 0 amide bonds. The maximum Gasteiger partial charge on any atom is 0.0956 e. The summed E-state index contributed by atoms with van der Waals surface area (Å²) < 4.78 is 0. The molecule has 0 saturated carbocycles. The summed E-state index contributed by atoms with van der Waals surface area (Å²) in [5.74, 6) is 0. The summed E-state index contributed by atoms with van der Waals surface area (Å²) in [6.45, 7) is 6.52. The highest BCUT2D eigenvalue weighted by Gasteiger charge is 2.25. The minimum Gasteiger partial charge on any atom is -0.0729 e. The van der Waals surface area contributed by atoms with Gasteiger partial charge in [0.25, 0.3) is 0 Å². The summed E-state index contributed by atoms with van der Waals surface area (Å²) >= 11 is 3.64. The molecule has 0 atom stereocenters. The van der Waals surface area contributed by atoms with Gasteiger partial charge in [-0.25, -0.2) is 0 Å². The van der Waals surface area contributed by atoms with E-state index in [0.717, 1.165) is 0 Å². The number of aryl methyl sites for hydroxylation is 1. The maximum atomic E-state index is 3.64. The molecule has 0 N–H and O–H groups in total. The van der Waals surface area contributed by atoms with Crippen LogP contribution < -0.4 is 0 Å². The summed E-state index contributed by atoms with van der Waals surface area (Å²) in [5, 5.41) is 0. The van der Waals surface area contributed by atoms with Crippen LogP contribution >= 0.6 is 15.9 Å². The van der Waals surface area contributed by atoms with Crippen LogP contribution in [0.5, 0.6) is 0 Å². The van der Waals surface area contributed by atoms with Crippen molar-refractivity contribution in [2.45, 2.75) is 20.8 Å². The highest BCUT2D eigenvalue weighted by molar-refractivity contribution is 9.11. The number of hydrogen-bond donors (Lipinski definition) is 0. The van der Waals surface area contributed by atoms with Gasteiger partial charge < -0.3 is 0 Å². The Hall–Kier alpha value is -0.560. The molecule has 1 aromatic carbocycles. The van der Waals surface area contributed by atoms with E-state index >= 15 is 0 Å². The van der Waals surface area contributed by atoms with E-state index in [2.05, 4.69) is 54.9 Å². The number of rotatable bonds is 0. The zero-order valence-electron chi connectivity index (χ0n) is 8.11. The molecular formula is C12H12Br. The van der Waals surface area contributed by atoms with Crippen LogP contribution in [0.1, 0.15) is 30.5 Å². The first-order valence-electron chi connectivity index (χ1n) is 4.43. The first kappa shape index (κ1) is 9.01. The standard InChI is InChI=1S/C12H12Br/c1-7-5-4-6-10-11(7)8(2)9(3)12(10)13/h4-6H,1-3H3. The van der Waals surface area contributed by atoms with Crippen LogP contribution in [0.2, 0.25) is 0 Å². The topological polar surface area (TPSA) is 0 Å². The zero-order chi connectivity index (χ0) is 9.59. The second kappa shape index (κ2) is 2.98. The quantitative estimate of drug-likeness (QED) is 0.636. The molecule has 0 aliphatic heterocycles. The minimum absolute atomic E-state index is 1.25. The van der Waals surface area contributed by atoms with E-state index < -0.39 is 0 Å². The Bertz CT molecular complexity index is 388. The Labute approximate surface area is 87.8 Å². The second-order valence-electron chi connectivity index (χ2n) is 3.56. The summed E-state index contributed by atoms with van der Waals surface area (Å²) in [4.78, 5) is 1.25. The van der Waals surface area contributed by atoms with E-state index in [-0.39, 0.29) is 0 Å². The lowest BCUT2D eigenvalue weighted by molar-refractivity contribution is 1.37. The number of halogens is 1. The van der Waals surface area contributed by atoms with Crippen molar-refractivity contribution in [3.8, 4) is 0 Å². The Morgan fingerprint density at radius 3 is 2.31 bits per heavy atom. The SMILES string of the molecule is CC1=C(C)c2c(C)cccc2[C]1Br. The average Bonchev–Trinajstić information content (AvgIpc) is 2.33. The molecule has 1 heteroatoms. The fraction of sp³-hybridized carbons (Fsp3) is 0.250. The Morgan fingerprint density at radius 2 is 1.69 bits per heavy atom. The fourth-order valence-corrected chi connectivity index (χ4v) is 2.53. The number of hydrogen-bond acceptors (Lipinski definition) is 0. The summed E-state index contributed by atoms with van der Waals surface area (Å²) in [5.41, 5.74) is 6.88. The third kappa shape index (κ3) is 1.18. The van der Waals surface area contributed by atoms with E-state index in [9.17, 15) is 0 Å². The summed E-state index contributed by atoms with van der Waals surface area (Å²) in [6.07, 6.45) is 0. The predicted octanol–water partition coefficient (Wildman–Crippen LogP) is 4.08. The van der Waals surface area contributed by atoms with Crippen molar-refractivity contribution in [1.29, 1.82) is 0 Å². The number of fused-ring (bicyclic) bond motifs is 1. The van der Waals surface area contributed by atoms with Crippen molar-refractivity contribution in [1.82, 2.24) is 0 Å². The van der Waals surface area contributed by atoms with Crippen molar-refractivity contribution in [2.24, 2.45) is 0 Å². The molecule has 0 bridgehead atoms. The molecule has 0 nitrogen and oxygen atoms in total. The molecule has 1 radical (unpaired) electrons. The fourth-order valence-electron chi connectivity index (χ4n) is 1.90. The Balaban J connectivity index is 2.72. The highest BCUT2D eigenvalue weighted by Crippen LogP contribution is 2.45. The third-order valence-electron chi connectivity index (χ3n) is 2.78. The molecule has 0 aromatic heterocycles. The molecule has 0 spiro atoms. The number of allylic oxidation sites excluding steroid dienone is 2. The van der Waals surface area contributed by atoms with Crippen LogP contribution in [-0.2, 0) is 0 Å². The Kier molecular flexibility index (Phi) is 2.07. The van der Waals surface area contributed by atoms with Gasteiger partial charge >= 0.3 is 0 Å². The average molecular weight is 236 g/mol. The van der Waals surface area contributed by atoms with Gasteiger partial charge in [-0.1, -0.05) is 34.1 Å². The maximum absolute atomic E-state index is 3.64. The van der Waals surface area contributed by atoms with Crippen LogP contribution in [0, 0.1) is 11.8 Å². The molecule has 1 aromatic rings. The van der Waals surface area contributed by atoms with E-state index in [1.807, 2.05) is 0 Å². The third-order valence-corrected chi connectivity index (χ3v) is 3.80. The molecule has 67 valence electrons. The van der Waals surface area contributed by atoms with Crippen molar-refractivity contribution in [3.05, 3.63) is 45.3 Å². The second-order valence-corrected chi connectivity index (χ2v) is 4.35. The van der Waals surface area contributed by atoms with Gasteiger partial charge in [0.1, 0.15) is 0 Å². The lowest BCUT2D eigenvalue weighted by Gasteiger charge is -2.06. The van der Waals surface area contributed by atoms with Crippen LogP contribution in [0.15, 0.2) is 23.8 Å². The molecule has 0 saturated heterocycles. The predicted molar refractivity (Wildman–Crippen MR) is 60.7 cm³/mol. The molecule has 1 aliphatic carbocycles. The van der Waals surface area contributed by atoms with Crippen molar-refractivity contribution in [3.63, 3.8) is 0 Å². The van der Waals surface area contributed by atoms with E-state index in [1.54, 1.807) is 0 Å². The van der Waals surface area contributed by atoms with Crippen molar-refractivity contribution in [2.75, 3.05) is 0 Å². The van der Waals surface area contributed by atoms with Crippen LogP contribution in [0.4, 0.5) is 0 Å². The van der Waals surface area contributed by atoms with Crippen LogP contribution in [0.3, 0.4) is 0 Å². The summed E-state index contributed by atoms with van der Waals surface area (Å²) in [7, 11) is 0. The van der Waals surface area contributed by atoms with Crippen LogP contribution in [-0.4, -0.2) is 0 Å². The molecular weight excluding hydrogens is 224 g/mol. The van der Waals surface area contributed by atoms with E-state index in [4.69, 9.17) is 0 Å². The van der Waals surface area contributed by atoms with Crippen molar-refractivity contribution < 1.29 is 0 Å². The van der Waals surface area contributed by atoms with Gasteiger partial charge in [0.05, 0.1) is 4.83 Å². The van der Waals surface area contributed by atoms with Gasteiger partial charge in [0.15, 0.2) is 0 Å². The first-order valence-corrected chi connectivity index (χ1v) is 5.23.